The Morgan fingerprint density at radius 3 is 2.78 bits per heavy atom. The highest BCUT2D eigenvalue weighted by atomic mass is 35.5. The van der Waals surface area contributed by atoms with Crippen LogP contribution in [-0.4, -0.2) is 37.9 Å². The summed E-state index contributed by atoms with van der Waals surface area (Å²) in [5.41, 5.74) is 8.69. The van der Waals surface area contributed by atoms with Crippen molar-refractivity contribution in [2.45, 2.75) is 25.7 Å². The first-order chi connectivity index (χ1) is 15.1. The Kier molecular flexibility index (Phi) is 5.55. The summed E-state index contributed by atoms with van der Waals surface area (Å²) in [7, 11) is 0. The number of aromatic nitrogens is 4. The predicted molar refractivity (Wildman–Crippen MR) is 113 cm³/mol. The molecule has 4 aromatic rings. The summed E-state index contributed by atoms with van der Waals surface area (Å²) in [4.78, 5) is 15.2. The second-order valence-corrected chi connectivity index (χ2v) is 7.54. The van der Waals surface area contributed by atoms with Crippen LogP contribution < -0.4 is 10.5 Å². The van der Waals surface area contributed by atoms with Crippen LogP contribution in [0.3, 0.4) is 0 Å². The summed E-state index contributed by atoms with van der Waals surface area (Å²) in [5.74, 6) is -0.755. The van der Waals surface area contributed by atoms with Crippen LogP contribution >= 0.6 is 11.6 Å². The van der Waals surface area contributed by atoms with Crippen molar-refractivity contribution < 1.29 is 22.7 Å². The number of hydrogen-bond acceptors (Lipinski definition) is 4. The van der Waals surface area contributed by atoms with E-state index in [1.807, 2.05) is 24.3 Å². The number of hydrogen-bond donors (Lipinski definition) is 2. The molecule has 0 spiro atoms. The molecule has 3 heterocycles. The van der Waals surface area contributed by atoms with Crippen LogP contribution in [0.4, 0.5) is 13.2 Å². The van der Waals surface area contributed by atoms with Crippen molar-refractivity contribution in [2.24, 2.45) is 5.73 Å². The topological polar surface area (TPSA) is 98.8 Å². The molecule has 1 aromatic carbocycles. The summed E-state index contributed by atoms with van der Waals surface area (Å²) in [6.45, 7) is 0.940. The molecular weight excluding hydrogens is 447 g/mol. The lowest BCUT2D eigenvalue weighted by Gasteiger charge is -2.17. The molecule has 0 bridgehead atoms. The number of benzene rings is 1. The maximum absolute atomic E-state index is 12.7. The molecule has 3 N–H and O–H groups in total. The first-order valence-electron chi connectivity index (χ1n) is 9.44. The van der Waals surface area contributed by atoms with Gasteiger partial charge in [0.25, 0.3) is 0 Å². The quantitative estimate of drug-likeness (QED) is 0.438. The molecule has 1 atom stereocenters. The number of carbonyl (C=O) groups excluding carboxylic acids is 1. The van der Waals surface area contributed by atoms with Gasteiger partial charge in [-0.3, -0.25) is 9.89 Å². The molecule has 3 aromatic heterocycles. The number of amides is 1. The van der Waals surface area contributed by atoms with Crippen molar-refractivity contribution >= 4 is 28.4 Å². The van der Waals surface area contributed by atoms with E-state index in [0.29, 0.717) is 17.0 Å². The number of H-pyrrole nitrogens is 1. The van der Waals surface area contributed by atoms with Gasteiger partial charge in [0.2, 0.25) is 11.8 Å². The number of pyridine rings is 1. The average molecular weight is 464 g/mol. The molecular formula is C21H17ClF3N5O2. The van der Waals surface area contributed by atoms with Crippen molar-refractivity contribution in [3.63, 3.8) is 0 Å². The van der Waals surface area contributed by atoms with Gasteiger partial charge in [-0.25, -0.2) is 4.98 Å². The van der Waals surface area contributed by atoms with Crippen molar-refractivity contribution in [2.75, 3.05) is 0 Å². The Balaban J connectivity index is 1.63. The minimum atomic E-state index is -4.53. The first-order valence-corrected chi connectivity index (χ1v) is 9.82. The van der Waals surface area contributed by atoms with E-state index >= 15 is 0 Å². The third-order valence-electron chi connectivity index (χ3n) is 4.86. The number of halogens is 4. The van der Waals surface area contributed by atoms with Crippen molar-refractivity contribution in [3.8, 4) is 28.4 Å². The normalized spacial score (nSPS) is 12.8. The number of nitrogens with one attached hydrogen (secondary N) is 1. The largest absolute Gasteiger partial charge is 0.464 e. The fraction of sp³-hybridized carbons (Fsp3) is 0.190. The second kappa shape index (κ2) is 8.19. The third-order valence-corrected chi connectivity index (χ3v) is 5.13. The summed E-state index contributed by atoms with van der Waals surface area (Å²) in [5, 5.41) is 8.05. The van der Waals surface area contributed by atoms with E-state index in [0.717, 1.165) is 23.4 Å². The van der Waals surface area contributed by atoms with Gasteiger partial charge >= 0.3 is 6.18 Å². The zero-order chi connectivity index (χ0) is 23.0. The molecule has 1 amide bonds. The smallest absolute Gasteiger partial charge is 0.425 e. The van der Waals surface area contributed by atoms with Gasteiger partial charge in [-0.1, -0.05) is 23.7 Å². The number of primary amides is 1. The van der Waals surface area contributed by atoms with Gasteiger partial charge in [0.1, 0.15) is 11.6 Å². The number of alkyl halides is 3. The SMILES string of the molecule is C[C@H](Oc1ncc(-c2cc(-c3cccc4c3ccn4CC(N)=O)[nH]n2)cc1Cl)C(F)(F)F. The molecule has 0 unspecified atom stereocenters. The van der Waals surface area contributed by atoms with Crippen LogP contribution in [-0.2, 0) is 11.3 Å². The van der Waals surface area contributed by atoms with E-state index in [1.165, 1.54) is 12.3 Å². The van der Waals surface area contributed by atoms with Crippen LogP contribution in [0.5, 0.6) is 5.88 Å². The Morgan fingerprint density at radius 1 is 1.31 bits per heavy atom. The first kappa shape index (κ1) is 21.7. The highest BCUT2D eigenvalue weighted by Crippen LogP contribution is 2.33. The van der Waals surface area contributed by atoms with Crippen molar-refractivity contribution in [3.05, 3.63) is 53.8 Å². The van der Waals surface area contributed by atoms with E-state index in [-0.39, 0.29) is 17.4 Å². The Bertz CT molecular complexity index is 1300. The second-order valence-electron chi connectivity index (χ2n) is 7.13. The Morgan fingerprint density at radius 2 is 2.09 bits per heavy atom. The minimum Gasteiger partial charge on any atom is -0.464 e. The van der Waals surface area contributed by atoms with Gasteiger partial charge in [-0.15, -0.1) is 0 Å². The van der Waals surface area contributed by atoms with Crippen LogP contribution in [0.1, 0.15) is 6.92 Å². The lowest BCUT2D eigenvalue weighted by atomic mass is 10.1. The van der Waals surface area contributed by atoms with Crippen LogP contribution in [0.25, 0.3) is 33.4 Å². The molecule has 4 rings (SSSR count). The average Bonchev–Trinajstić information content (AvgIpc) is 3.36. The van der Waals surface area contributed by atoms with E-state index in [1.54, 1.807) is 16.8 Å². The van der Waals surface area contributed by atoms with E-state index in [9.17, 15) is 18.0 Å². The highest BCUT2D eigenvalue weighted by molar-refractivity contribution is 6.32. The van der Waals surface area contributed by atoms with Crippen molar-refractivity contribution in [1.82, 2.24) is 19.7 Å². The molecule has 0 aliphatic heterocycles. The zero-order valence-corrected chi connectivity index (χ0v) is 17.4. The lowest BCUT2D eigenvalue weighted by Crippen LogP contribution is -2.31. The van der Waals surface area contributed by atoms with Crippen molar-refractivity contribution in [1.29, 1.82) is 0 Å². The third kappa shape index (κ3) is 4.26. The fourth-order valence-electron chi connectivity index (χ4n) is 3.26. The molecule has 0 aliphatic carbocycles. The standard InChI is InChI=1S/C21H17ClF3N5O2/c1-11(21(23,24)25)32-20-15(22)7-12(9-27-20)16-8-17(29-28-16)13-3-2-4-18-14(13)5-6-30(18)10-19(26)31/h2-9,11H,10H2,1H3,(H2,26,31)(H,28,29)/t11-/m0/s1. The number of fused-ring (bicyclic) bond motifs is 1. The summed E-state index contributed by atoms with van der Waals surface area (Å²) in [6.07, 6.45) is -3.45. The number of nitrogens with two attached hydrogens (primary N) is 1. The Labute approximate surface area is 185 Å². The molecule has 11 heteroatoms. The molecule has 166 valence electrons. The number of nitrogens with zero attached hydrogens (tertiary/aromatic N) is 3. The van der Waals surface area contributed by atoms with Gasteiger partial charge in [-0.2, -0.15) is 18.3 Å². The summed E-state index contributed by atoms with van der Waals surface area (Å²) in [6, 6.07) is 10.7. The van der Waals surface area contributed by atoms with Gasteiger partial charge in [0, 0.05) is 34.4 Å². The van der Waals surface area contributed by atoms with Gasteiger partial charge < -0.3 is 15.0 Å². The Hall–Kier alpha value is -3.53. The molecule has 0 aliphatic rings. The van der Waals surface area contributed by atoms with E-state index in [4.69, 9.17) is 22.1 Å². The number of rotatable bonds is 6. The van der Waals surface area contributed by atoms with E-state index < -0.39 is 18.2 Å². The van der Waals surface area contributed by atoms with Gasteiger partial charge in [0.05, 0.1) is 11.4 Å². The monoisotopic (exact) mass is 463 g/mol. The molecule has 0 saturated carbocycles. The fourth-order valence-corrected chi connectivity index (χ4v) is 3.47. The lowest BCUT2D eigenvalue weighted by molar-refractivity contribution is -0.189. The van der Waals surface area contributed by atoms with Crippen LogP contribution in [0.2, 0.25) is 5.02 Å². The molecule has 7 nitrogen and oxygen atoms in total. The molecule has 0 radical (unpaired) electrons. The molecule has 0 saturated heterocycles. The molecule has 32 heavy (non-hydrogen) atoms. The van der Waals surface area contributed by atoms with Gasteiger partial charge in [0.15, 0.2) is 6.10 Å². The summed E-state index contributed by atoms with van der Waals surface area (Å²) >= 11 is 6.09. The van der Waals surface area contributed by atoms with Crippen LogP contribution in [0, 0.1) is 0 Å². The maximum Gasteiger partial charge on any atom is 0.425 e. The number of carbonyl (C=O) groups is 1. The van der Waals surface area contributed by atoms with Gasteiger partial charge in [-0.05, 0) is 31.2 Å². The summed E-state index contributed by atoms with van der Waals surface area (Å²) < 4.78 is 44.7. The number of ether oxygens (including phenoxy) is 1. The van der Waals surface area contributed by atoms with Crippen LogP contribution in [0.15, 0.2) is 48.8 Å². The zero-order valence-electron chi connectivity index (χ0n) is 16.7. The maximum atomic E-state index is 12.7. The minimum absolute atomic E-state index is 0.0613. The number of aromatic amines is 1. The molecule has 0 fully saturated rings. The predicted octanol–water partition coefficient (Wildman–Crippen LogP) is 4.56. The van der Waals surface area contributed by atoms with E-state index in [2.05, 4.69) is 15.2 Å². The highest BCUT2D eigenvalue weighted by Gasteiger charge is 2.38.